The molecule has 1 aromatic carbocycles. The Labute approximate surface area is 158 Å². The van der Waals surface area contributed by atoms with Crippen molar-refractivity contribution in [2.45, 2.75) is 52.1 Å². The molecule has 142 valence electrons. The summed E-state index contributed by atoms with van der Waals surface area (Å²) in [7, 11) is 0. The predicted molar refractivity (Wildman–Crippen MR) is 100 cm³/mol. The third-order valence-electron chi connectivity index (χ3n) is 5.66. The van der Waals surface area contributed by atoms with E-state index in [4.69, 9.17) is 0 Å². The second-order valence-corrected chi connectivity index (χ2v) is 7.54. The van der Waals surface area contributed by atoms with Crippen molar-refractivity contribution in [1.29, 1.82) is 0 Å². The molecule has 1 aliphatic heterocycles. The highest BCUT2D eigenvalue weighted by molar-refractivity contribution is 5.97. The molecule has 7 nitrogen and oxygen atoms in total. The van der Waals surface area contributed by atoms with Crippen LogP contribution in [-0.2, 0) is 19.5 Å². The first kappa shape index (κ1) is 17.7. The Kier molecular flexibility index (Phi) is 4.92. The molecule has 4 rings (SSSR count). The number of carbonyl (C=O) groups excluding carboxylic acids is 2. The fraction of sp³-hybridized carbons (Fsp3) is 0.500. The van der Waals surface area contributed by atoms with Gasteiger partial charge in [0.1, 0.15) is 0 Å². The van der Waals surface area contributed by atoms with E-state index in [1.54, 1.807) is 0 Å². The van der Waals surface area contributed by atoms with Crippen LogP contribution in [0.15, 0.2) is 18.2 Å². The lowest BCUT2D eigenvalue weighted by Gasteiger charge is -2.17. The minimum atomic E-state index is -0.229. The first-order valence-electron chi connectivity index (χ1n) is 9.70. The Morgan fingerprint density at radius 2 is 2.15 bits per heavy atom. The molecular weight excluding hydrogens is 342 g/mol. The Morgan fingerprint density at radius 3 is 2.96 bits per heavy atom. The van der Waals surface area contributed by atoms with E-state index in [2.05, 4.69) is 20.9 Å². The molecular formula is C20H25N5O2. The molecule has 1 aromatic heterocycles. The number of hydrogen-bond acceptors (Lipinski definition) is 4. The Morgan fingerprint density at radius 1 is 1.33 bits per heavy atom. The van der Waals surface area contributed by atoms with Crippen LogP contribution in [0.4, 0.5) is 0 Å². The van der Waals surface area contributed by atoms with Gasteiger partial charge in [-0.2, -0.15) is 0 Å². The molecule has 1 fully saturated rings. The highest BCUT2D eigenvalue weighted by Gasteiger charge is 2.21. The minimum Gasteiger partial charge on any atom is -0.352 e. The monoisotopic (exact) mass is 367 g/mol. The lowest BCUT2D eigenvalue weighted by Crippen LogP contribution is -2.32. The summed E-state index contributed by atoms with van der Waals surface area (Å²) in [4.78, 5) is 24.5. The molecule has 1 saturated carbocycles. The highest BCUT2D eigenvalue weighted by Crippen LogP contribution is 2.26. The number of rotatable bonds is 5. The van der Waals surface area contributed by atoms with Gasteiger partial charge in [0.2, 0.25) is 0 Å². The van der Waals surface area contributed by atoms with Gasteiger partial charge in [0.05, 0.1) is 5.69 Å². The van der Waals surface area contributed by atoms with Gasteiger partial charge in [-0.25, -0.2) is 4.68 Å². The number of nitrogens with zero attached hydrogens (tertiary/aromatic N) is 3. The van der Waals surface area contributed by atoms with Crippen molar-refractivity contribution in [3.8, 4) is 0 Å². The lowest BCUT2D eigenvalue weighted by atomic mass is 9.98. The van der Waals surface area contributed by atoms with Crippen molar-refractivity contribution in [3.63, 3.8) is 0 Å². The topological polar surface area (TPSA) is 88.9 Å². The molecule has 0 radical (unpaired) electrons. The number of carbonyl (C=O) groups is 2. The molecule has 2 aromatic rings. The second-order valence-electron chi connectivity index (χ2n) is 7.54. The quantitative estimate of drug-likeness (QED) is 0.846. The minimum absolute atomic E-state index is 0.0462. The summed E-state index contributed by atoms with van der Waals surface area (Å²) in [6, 6.07) is 5.79. The molecule has 2 aliphatic rings. The fourth-order valence-electron chi connectivity index (χ4n) is 4.02. The van der Waals surface area contributed by atoms with Gasteiger partial charge in [-0.15, -0.1) is 5.10 Å². The van der Waals surface area contributed by atoms with Crippen LogP contribution in [0.1, 0.15) is 63.4 Å². The first-order valence-corrected chi connectivity index (χ1v) is 9.70. The van der Waals surface area contributed by atoms with Crippen LogP contribution in [0.5, 0.6) is 0 Å². The summed E-state index contributed by atoms with van der Waals surface area (Å²) >= 11 is 0. The van der Waals surface area contributed by atoms with E-state index in [-0.39, 0.29) is 11.8 Å². The van der Waals surface area contributed by atoms with E-state index in [0.29, 0.717) is 30.3 Å². The smallest absolute Gasteiger partial charge is 0.274 e. The first-order chi connectivity index (χ1) is 13.1. The number of hydrogen-bond donors (Lipinski definition) is 2. The molecule has 0 spiro atoms. The van der Waals surface area contributed by atoms with Crippen LogP contribution < -0.4 is 10.6 Å². The molecule has 0 bridgehead atoms. The molecule has 0 atom stereocenters. The zero-order valence-electron chi connectivity index (χ0n) is 15.6. The largest absolute Gasteiger partial charge is 0.352 e. The Balaban J connectivity index is 1.40. The SMILES string of the molecule is Cc1c(C(=O)NCc2ccc3c(c2)C(=O)NCC3)nnn1CC1CCCC1. The average molecular weight is 367 g/mol. The summed E-state index contributed by atoms with van der Waals surface area (Å²) in [5.41, 5.74) is 3.84. The molecule has 27 heavy (non-hydrogen) atoms. The van der Waals surface area contributed by atoms with Gasteiger partial charge < -0.3 is 10.6 Å². The van der Waals surface area contributed by atoms with E-state index < -0.39 is 0 Å². The second kappa shape index (κ2) is 7.50. The number of benzene rings is 1. The molecule has 0 unspecified atom stereocenters. The maximum absolute atomic E-state index is 12.5. The van der Waals surface area contributed by atoms with Crippen molar-refractivity contribution in [2.75, 3.05) is 6.54 Å². The fourth-order valence-corrected chi connectivity index (χ4v) is 4.02. The molecule has 7 heteroatoms. The van der Waals surface area contributed by atoms with Gasteiger partial charge in [0.15, 0.2) is 5.69 Å². The normalized spacial score (nSPS) is 16.9. The van der Waals surface area contributed by atoms with E-state index in [1.807, 2.05) is 29.8 Å². The highest BCUT2D eigenvalue weighted by atomic mass is 16.2. The molecule has 2 amide bonds. The summed E-state index contributed by atoms with van der Waals surface area (Å²) in [5, 5.41) is 14.0. The van der Waals surface area contributed by atoms with Crippen LogP contribution in [0.2, 0.25) is 0 Å². The van der Waals surface area contributed by atoms with E-state index >= 15 is 0 Å². The predicted octanol–water partition coefficient (Wildman–Crippen LogP) is 1.99. The van der Waals surface area contributed by atoms with Crippen molar-refractivity contribution in [3.05, 3.63) is 46.3 Å². The zero-order chi connectivity index (χ0) is 18.8. The third-order valence-corrected chi connectivity index (χ3v) is 5.66. The maximum Gasteiger partial charge on any atom is 0.274 e. The van der Waals surface area contributed by atoms with E-state index in [0.717, 1.165) is 29.8 Å². The number of nitrogens with one attached hydrogen (secondary N) is 2. The number of fused-ring (bicyclic) bond motifs is 1. The van der Waals surface area contributed by atoms with Crippen molar-refractivity contribution < 1.29 is 9.59 Å². The average Bonchev–Trinajstić information content (AvgIpc) is 3.31. The standard InChI is InChI=1S/C20H25N5O2/c1-13-18(23-24-25(13)12-14-4-2-3-5-14)20(27)22-11-15-6-7-16-8-9-21-19(26)17(16)10-15/h6-7,10,14H,2-5,8-9,11-12H2,1H3,(H,21,26)(H,22,27). The molecule has 1 aliphatic carbocycles. The van der Waals surface area contributed by atoms with Gasteiger partial charge in [-0.1, -0.05) is 30.2 Å². The van der Waals surface area contributed by atoms with Crippen molar-refractivity contribution in [2.24, 2.45) is 5.92 Å². The zero-order valence-corrected chi connectivity index (χ0v) is 15.6. The molecule has 2 heterocycles. The van der Waals surface area contributed by atoms with Crippen molar-refractivity contribution in [1.82, 2.24) is 25.6 Å². The van der Waals surface area contributed by atoms with Crippen LogP contribution >= 0.6 is 0 Å². The van der Waals surface area contributed by atoms with Crippen LogP contribution in [0, 0.1) is 12.8 Å². The maximum atomic E-state index is 12.5. The Hall–Kier alpha value is -2.70. The van der Waals surface area contributed by atoms with Gasteiger partial charge in [-0.3, -0.25) is 9.59 Å². The summed E-state index contributed by atoms with van der Waals surface area (Å²) in [6.45, 7) is 3.77. The van der Waals surface area contributed by atoms with E-state index in [9.17, 15) is 9.59 Å². The molecule has 0 saturated heterocycles. The Bertz CT molecular complexity index is 867. The van der Waals surface area contributed by atoms with E-state index in [1.165, 1.54) is 25.7 Å². The summed E-state index contributed by atoms with van der Waals surface area (Å²) < 4.78 is 1.86. The van der Waals surface area contributed by atoms with Gasteiger partial charge in [-0.05, 0) is 49.3 Å². The summed E-state index contributed by atoms with van der Waals surface area (Å²) in [5.74, 6) is 0.366. The van der Waals surface area contributed by atoms with Crippen LogP contribution in [0.3, 0.4) is 0 Å². The van der Waals surface area contributed by atoms with Gasteiger partial charge in [0.25, 0.3) is 11.8 Å². The van der Waals surface area contributed by atoms with Crippen molar-refractivity contribution >= 4 is 11.8 Å². The van der Waals surface area contributed by atoms with Gasteiger partial charge >= 0.3 is 0 Å². The van der Waals surface area contributed by atoms with Gasteiger partial charge in [0, 0.05) is 25.2 Å². The molecule has 2 N–H and O–H groups in total. The third kappa shape index (κ3) is 3.72. The number of amides is 2. The lowest BCUT2D eigenvalue weighted by molar-refractivity contribution is 0.0940. The van der Waals surface area contributed by atoms with Crippen LogP contribution in [-0.4, -0.2) is 33.4 Å². The summed E-state index contributed by atoms with van der Waals surface area (Å²) in [6.07, 6.45) is 5.87. The number of aromatic nitrogens is 3. The van der Waals surface area contributed by atoms with Crippen LogP contribution in [0.25, 0.3) is 0 Å².